The van der Waals surface area contributed by atoms with E-state index in [1.165, 1.54) is 40.6 Å². The molecule has 6 nitrogen and oxygen atoms in total. The van der Waals surface area contributed by atoms with Crippen LogP contribution in [0.5, 0.6) is 0 Å². The molecule has 1 aromatic heterocycles. The van der Waals surface area contributed by atoms with E-state index in [0.717, 1.165) is 11.5 Å². The van der Waals surface area contributed by atoms with Crippen LogP contribution in [-0.4, -0.2) is 32.3 Å². The van der Waals surface area contributed by atoms with E-state index in [2.05, 4.69) is 14.9 Å². The first-order valence-electron chi connectivity index (χ1n) is 9.78. The minimum Gasteiger partial charge on any atom is -0.350 e. The highest BCUT2D eigenvalue weighted by Gasteiger charge is 2.37. The van der Waals surface area contributed by atoms with Crippen molar-refractivity contribution < 1.29 is 18.4 Å². The monoisotopic (exact) mass is 444 g/mol. The molecule has 0 saturated carbocycles. The van der Waals surface area contributed by atoms with Crippen molar-refractivity contribution in [2.75, 3.05) is 0 Å². The summed E-state index contributed by atoms with van der Waals surface area (Å²) < 4.78 is 31.6. The third-order valence-corrected chi connectivity index (χ3v) is 5.49. The fourth-order valence-corrected chi connectivity index (χ4v) is 3.59. The molecule has 2 amide bonds. The number of hydrogen-bond donors (Lipinski definition) is 1. The summed E-state index contributed by atoms with van der Waals surface area (Å²) in [4.78, 5) is 27.9. The van der Waals surface area contributed by atoms with Gasteiger partial charge in [0.15, 0.2) is 5.69 Å². The molecule has 1 N–H and O–H groups in total. The number of rotatable bonds is 8. The van der Waals surface area contributed by atoms with Crippen LogP contribution in [0, 0.1) is 11.6 Å². The lowest BCUT2D eigenvalue weighted by Gasteiger charge is -2.35. The molecule has 0 radical (unpaired) electrons. The molecular weight excluding hydrogens is 422 g/mol. The van der Waals surface area contributed by atoms with Crippen molar-refractivity contribution in [3.8, 4) is 0 Å². The highest BCUT2D eigenvalue weighted by atomic mass is 32.1. The third-order valence-electron chi connectivity index (χ3n) is 4.99. The molecule has 31 heavy (non-hydrogen) atoms. The van der Waals surface area contributed by atoms with Crippen LogP contribution in [0.15, 0.2) is 53.9 Å². The van der Waals surface area contributed by atoms with Gasteiger partial charge in [0.2, 0.25) is 5.91 Å². The van der Waals surface area contributed by atoms with Crippen molar-refractivity contribution in [1.82, 2.24) is 19.8 Å². The van der Waals surface area contributed by atoms with Crippen molar-refractivity contribution in [3.05, 3.63) is 82.4 Å². The molecule has 0 aliphatic rings. The number of carbonyl (C=O) groups excluding carboxylic acids is 2. The summed E-state index contributed by atoms with van der Waals surface area (Å²) >= 11 is 1.02. The topological polar surface area (TPSA) is 75.2 Å². The van der Waals surface area contributed by atoms with Crippen LogP contribution >= 0.6 is 11.5 Å². The summed E-state index contributed by atoms with van der Waals surface area (Å²) in [6.07, 6.45) is 0.541. The van der Waals surface area contributed by atoms with Crippen LogP contribution in [0.2, 0.25) is 0 Å². The minimum absolute atomic E-state index is 0.0796. The molecule has 0 saturated heterocycles. The molecule has 1 heterocycles. The largest absolute Gasteiger partial charge is 0.350 e. The van der Waals surface area contributed by atoms with Crippen LogP contribution in [0.3, 0.4) is 0 Å². The molecular formula is C22H22F2N4O2S. The maximum Gasteiger partial charge on any atom is 0.276 e. The molecule has 0 fully saturated rings. The average Bonchev–Trinajstić information content (AvgIpc) is 3.32. The Morgan fingerprint density at radius 3 is 2.45 bits per heavy atom. The SMILES string of the molecule is CC[C@@H](C)N(C(=O)c1csnn1)[C@@H](C(=O)NCc1ccc(F)cc1)c1ccccc1F. The van der Waals surface area contributed by atoms with Gasteiger partial charge in [0.1, 0.15) is 17.7 Å². The highest BCUT2D eigenvalue weighted by Crippen LogP contribution is 2.28. The van der Waals surface area contributed by atoms with Gasteiger partial charge in [-0.1, -0.05) is 41.7 Å². The van der Waals surface area contributed by atoms with Gasteiger partial charge in [-0.3, -0.25) is 9.59 Å². The first-order valence-corrected chi connectivity index (χ1v) is 10.6. The summed E-state index contributed by atoms with van der Waals surface area (Å²) in [5.74, 6) is -2.04. The number of hydrogen-bond acceptors (Lipinski definition) is 5. The van der Waals surface area contributed by atoms with Gasteiger partial charge in [-0.05, 0) is 48.6 Å². The molecule has 0 aliphatic heterocycles. The lowest BCUT2D eigenvalue weighted by atomic mass is 10.00. The Hall–Kier alpha value is -3.20. The average molecular weight is 445 g/mol. The molecule has 162 valence electrons. The Kier molecular flexibility index (Phi) is 7.41. The fraction of sp³-hybridized carbons (Fsp3) is 0.273. The maximum atomic E-state index is 14.8. The van der Waals surface area contributed by atoms with Crippen LogP contribution in [0.25, 0.3) is 0 Å². The number of nitrogens with zero attached hydrogens (tertiary/aromatic N) is 3. The summed E-state index contributed by atoms with van der Waals surface area (Å²) in [6.45, 7) is 3.77. The van der Waals surface area contributed by atoms with Gasteiger partial charge < -0.3 is 10.2 Å². The second-order valence-electron chi connectivity index (χ2n) is 7.03. The second-order valence-corrected chi connectivity index (χ2v) is 7.64. The maximum absolute atomic E-state index is 14.8. The quantitative estimate of drug-likeness (QED) is 0.567. The molecule has 0 spiro atoms. The Bertz CT molecular complexity index is 1030. The molecule has 9 heteroatoms. The number of nitrogens with one attached hydrogen (secondary N) is 1. The Morgan fingerprint density at radius 2 is 1.84 bits per heavy atom. The zero-order valence-corrected chi connectivity index (χ0v) is 17.9. The van der Waals surface area contributed by atoms with Crippen molar-refractivity contribution >= 4 is 23.3 Å². The van der Waals surface area contributed by atoms with Gasteiger partial charge in [0, 0.05) is 23.5 Å². The number of amides is 2. The van der Waals surface area contributed by atoms with Gasteiger partial charge in [0.25, 0.3) is 5.91 Å². The summed E-state index contributed by atoms with van der Waals surface area (Å²) in [5, 5.41) is 8.07. The second kappa shape index (κ2) is 10.2. The van der Waals surface area contributed by atoms with E-state index in [4.69, 9.17) is 0 Å². The van der Waals surface area contributed by atoms with Crippen LogP contribution < -0.4 is 5.32 Å². The molecule has 0 aliphatic carbocycles. The van der Waals surface area contributed by atoms with E-state index in [-0.39, 0.29) is 29.7 Å². The summed E-state index contributed by atoms with van der Waals surface area (Å²) in [7, 11) is 0. The van der Waals surface area contributed by atoms with E-state index in [1.54, 1.807) is 25.1 Å². The van der Waals surface area contributed by atoms with Crippen LogP contribution in [0.4, 0.5) is 8.78 Å². The van der Waals surface area contributed by atoms with Gasteiger partial charge in [0.05, 0.1) is 0 Å². The van der Waals surface area contributed by atoms with Crippen LogP contribution in [0.1, 0.15) is 47.9 Å². The first-order chi connectivity index (χ1) is 14.9. The summed E-state index contributed by atoms with van der Waals surface area (Å²) in [6, 6.07) is 9.95. The van der Waals surface area contributed by atoms with E-state index in [9.17, 15) is 18.4 Å². The van der Waals surface area contributed by atoms with Crippen molar-refractivity contribution in [2.24, 2.45) is 0 Å². The minimum atomic E-state index is -1.22. The molecule has 3 rings (SSSR count). The van der Waals surface area contributed by atoms with E-state index < -0.39 is 23.7 Å². The van der Waals surface area contributed by atoms with E-state index in [1.807, 2.05) is 6.92 Å². The van der Waals surface area contributed by atoms with Gasteiger partial charge >= 0.3 is 0 Å². The van der Waals surface area contributed by atoms with Gasteiger partial charge in [-0.25, -0.2) is 8.78 Å². The smallest absolute Gasteiger partial charge is 0.276 e. The van der Waals surface area contributed by atoms with Crippen LogP contribution in [-0.2, 0) is 11.3 Å². The lowest BCUT2D eigenvalue weighted by molar-refractivity contribution is -0.126. The number of benzene rings is 2. The third kappa shape index (κ3) is 5.29. The predicted octanol–water partition coefficient (Wildman–Crippen LogP) is 4.11. The molecule has 2 atom stereocenters. The lowest BCUT2D eigenvalue weighted by Crippen LogP contribution is -2.48. The number of aromatic nitrogens is 2. The highest BCUT2D eigenvalue weighted by molar-refractivity contribution is 7.03. The Morgan fingerprint density at radius 1 is 1.13 bits per heavy atom. The Labute approximate surface area is 183 Å². The van der Waals surface area contributed by atoms with Gasteiger partial charge in [-0.2, -0.15) is 0 Å². The van der Waals surface area contributed by atoms with Crippen molar-refractivity contribution in [3.63, 3.8) is 0 Å². The Balaban J connectivity index is 1.97. The number of carbonyl (C=O) groups is 2. The van der Waals surface area contributed by atoms with Gasteiger partial charge in [-0.15, -0.1) is 5.10 Å². The van der Waals surface area contributed by atoms with E-state index >= 15 is 0 Å². The normalized spacial score (nSPS) is 12.8. The molecule has 0 bridgehead atoms. The summed E-state index contributed by atoms with van der Waals surface area (Å²) in [5.41, 5.74) is 0.848. The molecule has 2 aromatic carbocycles. The molecule has 0 unspecified atom stereocenters. The standard InChI is InChI=1S/C22H22F2N4O2S/c1-3-14(2)28(22(30)19-13-31-27-26-19)20(17-6-4-5-7-18(17)24)21(29)25-12-15-8-10-16(23)11-9-15/h4-11,13-14,20H,3,12H2,1-2H3,(H,25,29)/t14-,20-/m1/s1. The van der Waals surface area contributed by atoms with Crippen molar-refractivity contribution in [1.29, 1.82) is 0 Å². The zero-order chi connectivity index (χ0) is 22.4. The van der Waals surface area contributed by atoms with Crippen molar-refractivity contribution in [2.45, 2.75) is 38.9 Å². The fourth-order valence-electron chi connectivity index (χ4n) is 3.16. The first kappa shape index (κ1) is 22.5. The number of halogens is 2. The van der Waals surface area contributed by atoms with E-state index in [0.29, 0.717) is 12.0 Å². The molecule has 3 aromatic rings. The predicted molar refractivity (Wildman–Crippen MR) is 113 cm³/mol. The zero-order valence-electron chi connectivity index (χ0n) is 17.1.